The van der Waals surface area contributed by atoms with Crippen LogP contribution in [0.3, 0.4) is 0 Å². The molecule has 0 spiro atoms. The molecule has 0 saturated heterocycles. The maximum absolute atomic E-state index is 6.12. The lowest BCUT2D eigenvalue weighted by atomic mass is 10.2. The second-order valence-electron chi connectivity index (χ2n) is 5.13. The molecular weight excluding hydrogens is 453 g/mol. The van der Waals surface area contributed by atoms with Crippen LogP contribution in [0.1, 0.15) is 13.3 Å². The second kappa shape index (κ2) is 11.0. The fourth-order valence-electron chi connectivity index (χ4n) is 2.10. The van der Waals surface area contributed by atoms with Crippen LogP contribution in [0.4, 0.5) is 5.69 Å². The van der Waals surface area contributed by atoms with E-state index in [1.807, 2.05) is 49.4 Å². The van der Waals surface area contributed by atoms with E-state index >= 15 is 0 Å². The summed E-state index contributed by atoms with van der Waals surface area (Å²) in [6.45, 7) is 2.45. The summed E-state index contributed by atoms with van der Waals surface area (Å²) in [5.41, 5.74) is 6.72. The van der Waals surface area contributed by atoms with Gasteiger partial charge in [0.05, 0.1) is 24.4 Å². The number of hydrogen-bond acceptors (Lipinski definition) is 3. The molecule has 2 aromatic rings. The number of ether oxygens (including phenoxy) is 2. The van der Waals surface area contributed by atoms with Crippen molar-refractivity contribution in [2.75, 3.05) is 19.0 Å². The van der Waals surface area contributed by atoms with E-state index in [0.717, 1.165) is 12.1 Å². The van der Waals surface area contributed by atoms with Gasteiger partial charge >= 0.3 is 0 Å². The summed E-state index contributed by atoms with van der Waals surface area (Å²) in [6.07, 6.45) is 0.680. The highest BCUT2D eigenvalue weighted by atomic mass is 127. The molecule has 1 unspecified atom stereocenters. The van der Waals surface area contributed by atoms with Crippen LogP contribution < -0.4 is 20.5 Å². The van der Waals surface area contributed by atoms with Gasteiger partial charge in [0.15, 0.2) is 5.96 Å². The maximum atomic E-state index is 6.12. The average Bonchev–Trinajstić information content (AvgIpc) is 2.60. The van der Waals surface area contributed by atoms with Gasteiger partial charge in [0.1, 0.15) is 17.6 Å². The highest BCUT2D eigenvalue weighted by Gasteiger charge is 2.10. The van der Waals surface area contributed by atoms with Crippen molar-refractivity contribution in [1.29, 1.82) is 0 Å². The van der Waals surface area contributed by atoms with Gasteiger partial charge in [-0.3, -0.25) is 0 Å². The Morgan fingerprint density at radius 3 is 2.44 bits per heavy atom. The highest BCUT2D eigenvalue weighted by Crippen LogP contribution is 2.25. The van der Waals surface area contributed by atoms with Gasteiger partial charge in [0.25, 0.3) is 0 Å². The normalized spacial score (nSPS) is 12.0. The van der Waals surface area contributed by atoms with Crippen LogP contribution in [0.5, 0.6) is 11.5 Å². The van der Waals surface area contributed by atoms with Gasteiger partial charge < -0.3 is 20.5 Å². The number of nitrogens with one attached hydrogen (secondary N) is 1. The van der Waals surface area contributed by atoms with Crippen molar-refractivity contribution in [3.05, 3.63) is 53.6 Å². The van der Waals surface area contributed by atoms with E-state index < -0.39 is 0 Å². The Morgan fingerprint density at radius 2 is 1.80 bits per heavy atom. The van der Waals surface area contributed by atoms with Gasteiger partial charge in [0, 0.05) is 0 Å². The van der Waals surface area contributed by atoms with E-state index in [1.165, 1.54) is 0 Å². The molecule has 2 rings (SSSR count). The van der Waals surface area contributed by atoms with Gasteiger partial charge in [-0.1, -0.05) is 42.8 Å². The number of nitrogens with zero attached hydrogens (tertiary/aromatic N) is 1. The molecule has 0 heterocycles. The van der Waals surface area contributed by atoms with Crippen LogP contribution >= 0.6 is 35.6 Å². The van der Waals surface area contributed by atoms with Crippen molar-refractivity contribution < 1.29 is 9.47 Å². The molecule has 1 atom stereocenters. The Kier molecular flexibility index (Phi) is 9.44. The standard InChI is InChI=1S/C18H22ClN3O2.HI/c1-3-13(24-16-10-6-4-8-14(16)19)12-21-18(20)22-15-9-5-7-11-17(15)23-2;/h4-11,13H,3,12H2,1-2H3,(H3,20,21,22);1H. The number of guanidine groups is 1. The third-order valence-electron chi connectivity index (χ3n) is 3.42. The fourth-order valence-corrected chi connectivity index (χ4v) is 2.28. The number of nitrogens with two attached hydrogens (primary N) is 1. The molecule has 0 bridgehead atoms. The topological polar surface area (TPSA) is 68.9 Å². The largest absolute Gasteiger partial charge is 0.495 e. The number of hydrogen-bond donors (Lipinski definition) is 2. The van der Waals surface area contributed by atoms with Crippen LogP contribution in [-0.4, -0.2) is 25.7 Å². The highest BCUT2D eigenvalue weighted by molar-refractivity contribution is 14.0. The Balaban J connectivity index is 0.00000312. The third kappa shape index (κ3) is 6.62. The number of rotatable bonds is 7. The second-order valence-corrected chi connectivity index (χ2v) is 5.54. The van der Waals surface area contributed by atoms with Gasteiger partial charge in [-0.15, -0.1) is 24.0 Å². The smallest absolute Gasteiger partial charge is 0.193 e. The van der Waals surface area contributed by atoms with Crippen LogP contribution in [0.2, 0.25) is 5.02 Å². The van der Waals surface area contributed by atoms with Crippen LogP contribution in [-0.2, 0) is 0 Å². The van der Waals surface area contributed by atoms with E-state index in [4.69, 9.17) is 26.8 Å². The lowest BCUT2D eigenvalue weighted by molar-refractivity contribution is 0.206. The fraction of sp³-hybridized carbons (Fsp3) is 0.278. The van der Waals surface area contributed by atoms with Crippen molar-refractivity contribution in [3.63, 3.8) is 0 Å². The van der Waals surface area contributed by atoms with E-state index in [9.17, 15) is 0 Å². The summed E-state index contributed by atoms with van der Waals surface area (Å²) in [5, 5.41) is 3.62. The number of aliphatic imine (C=N–C) groups is 1. The molecular formula is C18H23ClIN3O2. The Labute approximate surface area is 170 Å². The first-order valence-corrected chi connectivity index (χ1v) is 8.13. The summed E-state index contributed by atoms with van der Waals surface area (Å²) in [5.74, 6) is 1.66. The Morgan fingerprint density at radius 1 is 1.16 bits per heavy atom. The summed E-state index contributed by atoms with van der Waals surface area (Å²) in [6, 6.07) is 14.9. The van der Waals surface area contributed by atoms with Gasteiger partial charge in [-0.25, -0.2) is 4.99 Å². The van der Waals surface area contributed by atoms with Crippen LogP contribution in [0.15, 0.2) is 53.5 Å². The van der Waals surface area contributed by atoms with Crippen molar-refractivity contribution in [2.45, 2.75) is 19.4 Å². The Bertz CT molecular complexity index is 698. The van der Waals surface area contributed by atoms with Crippen molar-refractivity contribution in [2.24, 2.45) is 10.7 Å². The molecule has 0 aliphatic carbocycles. The molecule has 0 saturated carbocycles. The predicted octanol–water partition coefficient (Wildman–Crippen LogP) is 4.55. The molecule has 0 aliphatic rings. The van der Waals surface area contributed by atoms with Gasteiger partial charge in [0.2, 0.25) is 0 Å². The van der Waals surface area contributed by atoms with Crippen molar-refractivity contribution in [3.8, 4) is 11.5 Å². The molecule has 0 radical (unpaired) electrons. The minimum absolute atomic E-state index is 0. The minimum Gasteiger partial charge on any atom is -0.495 e. The molecule has 25 heavy (non-hydrogen) atoms. The van der Waals surface area contributed by atoms with Crippen LogP contribution in [0, 0.1) is 0 Å². The number of halogens is 2. The third-order valence-corrected chi connectivity index (χ3v) is 3.73. The van der Waals surface area contributed by atoms with E-state index in [-0.39, 0.29) is 30.1 Å². The van der Waals surface area contributed by atoms with E-state index in [1.54, 1.807) is 13.2 Å². The minimum atomic E-state index is -0.108. The van der Waals surface area contributed by atoms with Crippen molar-refractivity contribution in [1.82, 2.24) is 0 Å². The molecule has 136 valence electrons. The van der Waals surface area contributed by atoms with Crippen LogP contribution in [0.25, 0.3) is 0 Å². The monoisotopic (exact) mass is 475 g/mol. The van der Waals surface area contributed by atoms with Crippen molar-refractivity contribution >= 4 is 47.2 Å². The number of benzene rings is 2. The maximum Gasteiger partial charge on any atom is 0.193 e. The van der Waals surface area contributed by atoms with E-state index in [2.05, 4.69) is 10.3 Å². The summed E-state index contributed by atoms with van der Waals surface area (Å²) in [7, 11) is 1.61. The first-order valence-electron chi connectivity index (χ1n) is 7.75. The van der Waals surface area contributed by atoms with Gasteiger partial charge in [-0.2, -0.15) is 0 Å². The quantitative estimate of drug-likeness (QED) is 0.350. The Hall–Kier alpha value is -1.67. The summed E-state index contributed by atoms with van der Waals surface area (Å²) >= 11 is 6.12. The molecule has 3 N–H and O–H groups in total. The molecule has 0 aromatic heterocycles. The molecule has 0 fully saturated rings. The lowest BCUT2D eigenvalue weighted by Gasteiger charge is -2.17. The SMILES string of the molecule is CCC(CN=C(N)Nc1ccccc1OC)Oc1ccccc1Cl.I. The zero-order valence-electron chi connectivity index (χ0n) is 14.2. The zero-order valence-corrected chi connectivity index (χ0v) is 17.3. The number of anilines is 1. The molecule has 7 heteroatoms. The molecule has 0 aliphatic heterocycles. The first-order chi connectivity index (χ1) is 11.6. The summed E-state index contributed by atoms with van der Waals surface area (Å²) in [4.78, 5) is 4.35. The predicted molar refractivity (Wildman–Crippen MR) is 115 cm³/mol. The summed E-state index contributed by atoms with van der Waals surface area (Å²) < 4.78 is 11.2. The average molecular weight is 476 g/mol. The van der Waals surface area contributed by atoms with E-state index in [0.29, 0.717) is 29.0 Å². The zero-order chi connectivity index (χ0) is 17.4. The number of para-hydroxylation sites is 3. The molecule has 2 aromatic carbocycles. The van der Waals surface area contributed by atoms with Gasteiger partial charge in [-0.05, 0) is 30.7 Å². The lowest BCUT2D eigenvalue weighted by Crippen LogP contribution is -2.27. The molecule has 5 nitrogen and oxygen atoms in total. The first kappa shape index (κ1) is 21.4. The number of methoxy groups -OCH3 is 1. The molecule has 0 amide bonds.